The zero-order valence-corrected chi connectivity index (χ0v) is 20.6. The summed E-state index contributed by atoms with van der Waals surface area (Å²) in [6.45, 7) is 1.24. The minimum absolute atomic E-state index is 0.0599. The van der Waals surface area contributed by atoms with Gasteiger partial charge in [0.2, 0.25) is 11.8 Å². The number of benzene rings is 2. The molecule has 1 aliphatic rings. The summed E-state index contributed by atoms with van der Waals surface area (Å²) in [6.07, 6.45) is 2.62. The number of rotatable bonds is 9. The Balaban J connectivity index is 1.44. The van der Waals surface area contributed by atoms with Gasteiger partial charge in [-0.25, -0.2) is 4.79 Å². The molecule has 0 atom stereocenters. The van der Waals surface area contributed by atoms with Crippen LogP contribution >= 0.6 is 11.6 Å². The second-order valence-corrected chi connectivity index (χ2v) is 9.10. The Bertz CT molecular complexity index is 1230. The van der Waals surface area contributed by atoms with Gasteiger partial charge in [0.15, 0.2) is 0 Å². The second kappa shape index (κ2) is 10.7. The summed E-state index contributed by atoms with van der Waals surface area (Å²) in [6, 6.07) is 17.2. The van der Waals surface area contributed by atoms with Crippen LogP contribution in [0.2, 0.25) is 5.02 Å². The molecule has 0 unspecified atom stereocenters. The van der Waals surface area contributed by atoms with Crippen LogP contribution < -0.4 is 0 Å². The molecule has 2 aromatic carbocycles. The van der Waals surface area contributed by atoms with Crippen molar-refractivity contribution in [3.8, 4) is 11.3 Å². The van der Waals surface area contributed by atoms with E-state index in [1.807, 2.05) is 65.5 Å². The zero-order chi connectivity index (χ0) is 24.9. The molecule has 0 radical (unpaired) electrons. The summed E-state index contributed by atoms with van der Waals surface area (Å²) in [4.78, 5) is 41.0. The third kappa shape index (κ3) is 5.71. The standard InChI is InChI=1S/C26H28ClN5O3/c1-29(23(33)13-8-14-32-24(34)18-30(2)26(32)35)15-21-17-31(16-20-11-6-7-12-22(20)27)28-25(21)19-9-4-3-5-10-19/h3-7,9-12,17H,8,13-16,18H2,1-2H3. The van der Waals surface area contributed by atoms with Gasteiger partial charge >= 0.3 is 6.03 Å². The Labute approximate surface area is 209 Å². The van der Waals surface area contributed by atoms with E-state index in [1.54, 1.807) is 19.0 Å². The van der Waals surface area contributed by atoms with Crippen LogP contribution in [0.3, 0.4) is 0 Å². The number of halogens is 1. The topological polar surface area (TPSA) is 78.8 Å². The fourth-order valence-corrected chi connectivity index (χ4v) is 4.31. The van der Waals surface area contributed by atoms with Crippen LogP contribution in [0.1, 0.15) is 24.0 Å². The predicted molar refractivity (Wildman–Crippen MR) is 134 cm³/mol. The van der Waals surface area contributed by atoms with Crippen molar-refractivity contribution in [3.05, 3.63) is 76.9 Å². The van der Waals surface area contributed by atoms with Gasteiger partial charge in [-0.1, -0.05) is 60.1 Å². The molecule has 4 rings (SSSR count). The molecular weight excluding hydrogens is 466 g/mol. The number of nitrogens with zero attached hydrogens (tertiary/aromatic N) is 5. The van der Waals surface area contributed by atoms with Crippen LogP contribution in [0.4, 0.5) is 4.79 Å². The van der Waals surface area contributed by atoms with E-state index in [0.717, 1.165) is 22.4 Å². The maximum Gasteiger partial charge on any atom is 0.326 e. The highest BCUT2D eigenvalue weighted by Crippen LogP contribution is 2.25. The van der Waals surface area contributed by atoms with E-state index in [-0.39, 0.29) is 37.4 Å². The number of hydrogen-bond acceptors (Lipinski definition) is 4. The minimum Gasteiger partial charge on any atom is -0.341 e. The summed E-state index contributed by atoms with van der Waals surface area (Å²) in [5.74, 6) is -0.285. The first-order chi connectivity index (χ1) is 16.8. The number of hydrogen-bond donors (Lipinski definition) is 0. The van der Waals surface area contributed by atoms with Gasteiger partial charge in [0, 0.05) is 56.0 Å². The Morgan fingerprint density at radius 3 is 2.46 bits per heavy atom. The molecule has 1 fully saturated rings. The summed E-state index contributed by atoms with van der Waals surface area (Å²) in [5.41, 5.74) is 3.67. The van der Waals surface area contributed by atoms with Crippen LogP contribution in [-0.4, -0.2) is 69.5 Å². The van der Waals surface area contributed by atoms with Crippen molar-refractivity contribution in [2.45, 2.75) is 25.9 Å². The van der Waals surface area contributed by atoms with Crippen LogP contribution in [0.5, 0.6) is 0 Å². The van der Waals surface area contributed by atoms with E-state index in [2.05, 4.69) is 0 Å². The predicted octanol–water partition coefficient (Wildman–Crippen LogP) is 3.88. The molecule has 3 aromatic rings. The largest absolute Gasteiger partial charge is 0.341 e. The molecule has 182 valence electrons. The molecule has 2 heterocycles. The van der Waals surface area contributed by atoms with E-state index in [1.165, 1.54) is 9.80 Å². The Kier molecular flexibility index (Phi) is 7.51. The van der Waals surface area contributed by atoms with Gasteiger partial charge < -0.3 is 9.80 Å². The van der Waals surface area contributed by atoms with Gasteiger partial charge in [0.1, 0.15) is 6.54 Å². The molecule has 0 spiro atoms. The number of likely N-dealkylation sites (N-methyl/N-ethyl adjacent to an activating group) is 1. The summed E-state index contributed by atoms with van der Waals surface area (Å²) < 4.78 is 1.85. The van der Waals surface area contributed by atoms with E-state index >= 15 is 0 Å². The Hall–Kier alpha value is -3.65. The molecule has 0 bridgehead atoms. The lowest BCUT2D eigenvalue weighted by atomic mass is 10.1. The molecule has 0 N–H and O–H groups in total. The van der Waals surface area contributed by atoms with Gasteiger partial charge in [-0.2, -0.15) is 5.10 Å². The van der Waals surface area contributed by atoms with Crippen molar-refractivity contribution in [1.82, 2.24) is 24.5 Å². The first-order valence-corrected chi connectivity index (χ1v) is 11.9. The Morgan fingerprint density at radius 1 is 1.06 bits per heavy atom. The third-order valence-electron chi connectivity index (χ3n) is 6.01. The molecule has 4 amide bonds. The van der Waals surface area contributed by atoms with Gasteiger partial charge in [-0.15, -0.1) is 0 Å². The number of carbonyl (C=O) groups excluding carboxylic acids is 3. The zero-order valence-electron chi connectivity index (χ0n) is 19.9. The highest BCUT2D eigenvalue weighted by atomic mass is 35.5. The number of urea groups is 1. The van der Waals surface area contributed by atoms with Crippen LogP contribution in [0, 0.1) is 0 Å². The SMILES string of the molecule is CN(Cc1cn(Cc2ccccc2Cl)nc1-c1ccccc1)C(=O)CCCN1C(=O)CN(C)C1=O. The number of carbonyl (C=O) groups is 3. The van der Waals surface area contributed by atoms with Crippen LogP contribution in [0.25, 0.3) is 11.3 Å². The normalized spacial score (nSPS) is 13.6. The van der Waals surface area contributed by atoms with E-state index in [0.29, 0.717) is 24.5 Å². The first-order valence-electron chi connectivity index (χ1n) is 11.5. The molecule has 0 saturated carbocycles. The van der Waals surface area contributed by atoms with Crippen molar-refractivity contribution in [2.75, 3.05) is 27.2 Å². The maximum atomic E-state index is 12.8. The molecule has 8 nitrogen and oxygen atoms in total. The maximum absolute atomic E-state index is 12.8. The lowest BCUT2D eigenvalue weighted by molar-refractivity contribution is -0.131. The van der Waals surface area contributed by atoms with Gasteiger partial charge in [0.05, 0.1) is 12.2 Å². The van der Waals surface area contributed by atoms with Crippen molar-refractivity contribution >= 4 is 29.4 Å². The molecular formula is C26H28ClN5O3. The molecule has 1 aromatic heterocycles. The molecule has 35 heavy (non-hydrogen) atoms. The molecule has 1 saturated heterocycles. The summed E-state index contributed by atoms with van der Waals surface area (Å²) in [5, 5.41) is 5.48. The fraction of sp³-hybridized carbons (Fsp3) is 0.308. The number of amides is 4. The first kappa shape index (κ1) is 24.5. The highest BCUT2D eigenvalue weighted by molar-refractivity contribution is 6.31. The quantitative estimate of drug-likeness (QED) is 0.424. The van der Waals surface area contributed by atoms with Crippen LogP contribution in [-0.2, 0) is 22.7 Å². The van der Waals surface area contributed by atoms with Crippen molar-refractivity contribution in [2.24, 2.45) is 0 Å². The van der Waals surface area contributed by atoms with Crippen molar-refractivity contribution < 1.29 is 14.4 Å². The average Bonchev–Trinajstić information content (AvgIpc) is 3.35. The van der Waals surface area contributed by atoms with Crippen molar-refractivity contribution in [1.29, 1.82) is 0 Å². The average molecular weight is 494 g/mol. The molecule has 0 aliphatic carbocycles. The number of imide groups is 1. The highest BCUT2D eigenvalue weighted by Gasteiger charge is 2.33. The lowest BCUT2D eigenvalue weighted by Gasteiger charge is -2.18. The van der Waals surface area contributed by atoms with Crippen LogP contribution in [0.15, 0.2) is 60.8 Å². The van der Waals surface area contributed by atoms with Crippen molar-refractivity contribution in [3.63, 3.8) is 0 Å². The molecule has 9 heteroatoms. The van der Waals surface area contributed by atoms with E-state index in [4.69, 9.17) is 16.7 Å². The summed E-state index contributed by atoms with van der Waals surface area (Å²) >= 11 is 6.34. The summed E-state index contributed by atoms with van der Waals surface area (Å²) in [7, 11) is 3.35. The smallest absolute Gasteiger partial charge is 0.326 e. The van der Waals surface area contributed by atoms with Gasteiger partial charge in [-0.3, -0.25) is 19.2 Å². The Morgan fingerprint density at radius 2 is 1.77 bits per heavy atom. The lowest BCUT2D eigenvalue weighted by Crippen LogP contribution is -2.33. The van der Waals surface area contributed by atoms with E-state index in [9.17, 15) is 14.4 Å². The fourth-order valence-electron chi connectivity index (χ4n) is 4.11. The second-order valence-electron chi connectivity index (χ2n) is 8.70. The van der Waals surface area contributed by atoms with Gasteiger partial charge in [0.25, 0.3) is 0 Å². The van der Waals surface area contributed by atoms with E-state index < -0.39 is 0 Å². The molecule has 1 aliphatic heterocycles. The number of aromatic nitrogens is 2. The monoisotopic (exact) mass is 493 g/mol. The van der Waals surface area contributed by atoms with Gasteiger partial charge in [-0.05, 0) is 18.1 Å². The third-order valence-corrected chi connectivity index (χ3v) is 6.38. The minimum atomic E-state index is -0.311.